The summed E-state index contributed by atoms with van der Waals surface area (Å²) in [5.74, 6) is 0.198. The number of hydrogen-bond donors (Lipinski definition) is 1. The summed E-state index contributed by atoms with van der Waals surface area (Å²) in [7, 11) is 0. The molecule has 4 heteroatoms. The van der Waals surface area contributed by atoms with E-state index in [1.54, 1.807) is 25.3 Å². The lowest BCUT2D eigenvalue weighted by Crippen LogP contribution is -2.09. The Balaban J connectivity index is 2.02. The number of Topliss-reactive ketones (excluding diaryl/α,β-unsaturated/α-hetero) is 1. The van der Waals surface area contributed by atoms with Crippen LogP contribution >= 0.6 is 0 Å². The zero-order valence-electron chi connectivity index (χ0n) is 15.2. The minimum atomic E-state index is -0.432. The fourth-order valence-electron chi connectivity index (χ4n) is 3.09. The number of aryl methyl sites for hydroxylation is 1. The van der Waals surface area contributed by atoms with Gasteiger partial charge in [0.15, 0.2) is 5.78 Å². The van der Waals surface area contributed by atoms with Crippen molar-refractivity contribution in [1.82, 2.24) is 0 Å². The lowest BCUT2D eigenvalue weighted by molar-refractivity contribution is -0.113. The van der Waals surface area contributed by atoms with Gasteiger partial charge in [-0.2, -0.15) is 0 Å². The molecule has 134 valence electrons. The van der Waals surface area contributed by atoms with Crippen LogP contribution in [-0.4, -0.2) is 5.78 Å². The molecule has 0 saturated heterocycles. The number of ketones is 1. The number of allylic oxidation sites excluding steroid dienone is 2. The first-order valence-corrected chi connectivity index (χ1v) is 8.65. The van der Waals surface area contributed by atoms with Crippen LogP contribution in [0, 0.1) is 12.7 Å². The highest BCUT2D eigenvalue weighted by molar-refractivity contribution is 6.01. The number of nitrogen functional groups attached to an aromatic ring is 1. The molecule has 2 aromatic carbocycles. The first kappa shape index (κ1) is 17.9. The molecule has 1 heterocycles. The lowest BCUT2D eigenvalue weighted by atomic mass is 9.92. The Kier molecular flexibility index (Phi) is 4.94. The first-order chi connectivity index (χ1) is 12.4. The van der Waals surface area contributed by atoms with E-state index in [0.29, 0.717) is 17.8 Å². The summed E-state index contributed by atoms with van der Waals surface area (Å²) in [4.78, 5) is 12.1. The van der Waals surface area contributed by atoms with Gasteiger partial charge in [-0.05, 0) is 54.7 Å². The van der Waals surface area contributed by atoms with Crippen molar-refractivity contribution in [1.29, 1.82) is 0 Å². The van der Waals surface area contributed by atoms with Crippen molar-refractivity contribution in [2.75, 3.05) is 5.73 Å². The van der Waals surface area contributed by atoms with Crippen LogP contribution in [-0.2, 0) is 9.53 Å². The summed E-state index contributed by atoms with van der Waals surface area (Å²) in [6.45, 7) is 5.57. The number of halogens is 1. The molecule has 0 bridgehead atoms. The van der Waals surface area contributed by atoms with Crippen molar-refractivity contribution in [2.45, 2.75) is 33.6 Å². The van der Waals surface area contributed by atoms with Gasteiger partial charge in [-0.1, -0.05) is 31.2 Å². The van der Waals surface area contributed by atoms with Gasteiger partial charge in [-0.25, -0.2) is 4.39 Å². The number of hydrogen-bond acceptors (Lipinski definition) is 3. The van der Waals surface area contributed by atoms with Crippen molar-refractivity contribution < 1.29 is 13.9 Å². The van der Waals surface area contributed by atoms with E-state index in [4.69, 9.17) is 10.5 Å². The Bertz CT molecular complexity index is 941. The number of carbonyl (C=O) groups excluding carboxylic acids is 1. The third kappa shape index (κ3) is 3.40. The predicted octanol–water partition coefficient (Wildman–Crippen LogP) is 5.40. The topological polar surface area (TPSA) is 52.3 Å². The number of nitrogens with two attached hydrogens (primary N) is 1. The molecule has 0 spiro atoms. The van der Waals surface area contributed by atoms with Gasteiger partial charge in [0.1, 0.15) is 11.6 Å². The van der Waals surface area contributed by atoms with Gasteiger partial charge in [0.25, 0.3) is 0 Å². The van der Waals surface area contributed by atoms with Gasteiger partial charge >= 0.3 is 0 Å². The number of benzene rings is 2. The number of ether oxygens (including phenoxy) is 1. The zero-order chi connectivity index (χ0) is 18.8. The molecule has 26 heavy (non-hydrogen) atoms. The van der Waals surface area contributed by atoms with Gasteiger partial charge in [0, 0.05) is 17.6 Å². The Morgan fingerprint density at radius 3 is 2.50 bits per heavy atom. The second-order valence-corrected chi connectivity index (χ2v) is 6.55. The van der Waals surface area contributed by atoms with Gasteiger partial charge < -0.3 is 10.5 Å². The Labute approximate surface area is 153 Å². The van der Waals surface area contributed by atoms with Crippen LogP contribution in [0.4, 0.5) is 10.1 Å². The maximum atomic E-state index is 13.7. The molecule has 3 rings (SSSR count). The molecule has 0 aliphatic carbocycles. The maximum absolute atomic E-state index is 13.7. The van der Waals surface area contributed by atoms with E-state index in [1.807, 2.05) is 32.0 Å². The summed E-state index contributed by atoms with van der Waals surface area (Å²) >= 11 is 0. The summed E-state index contributed by atoms with van der Waals surface area (Å²) in [6, 6.07) is 10.6. The average molecular weight is 351 g/mol. The van der Waals surface area contributed by atoms with Gasteiger partial charge in [-0.15, -0.1) is 0 Å². The molecule has 1 aliphatic heterocycles. The number of rotatable bonds is 4. The summed E-state index contributed by atoms with van der Waals surface area (Å²) in [6.07, 6.45) is 3.21. The first-order valence-electron chi connectivity index (χ1n) is 8.65. The second kappa shape index (κ2) is 7.16. The van der Waals surface area contributed by atoms with E-state index in [0.717, 1.165) is 34.2 Å². The fraction of sp³-hybridized carbons (Fsp3) is 0.227. The van der Waals surface area contributed by atoms with Crippen LogP contribution < -0.4 is 5.73 Å². The highest BCUT2D eigenvalue weighted by atomic mass is 19.1. The third-order valence-electron chi connectivity index (χ3n) is 4.71. The second-order valence-electron chi connectivity index (χ2n) is 6.55. The molecular weight excluding hydrogens is 329 g/mol. The Hall–Kier alpha value is -2.88. The Morgan fingerprint density at radius 1 is 1.19 bits per heavy atom. The van der Waals surface area contributed by atoms with Crippen molar-refractivity contribution in [3.8, 4) is 11.1 Å². The minimum absolute atomic E-state index is 0.0168. The van der Waals surface area contributed by atoms with E-state index < -0.39 is 5.82 Å². The molecule has 0 atom stereocenters. The highest BCUT2D eigenvalue weighted by Gasteiger charge is 2.21. The van der Waals surface area contributed by atoms with E-state index in [9.17, 15) is 9.18 Å². The van der Waals surface area contributed by atoms with Crippen molar-refractivity contribution >= 4 is 17.2 Å². The predicted molar refractivity (Wildman–Crippen MR) is 103 cm³/mol. The molecule has 2 aromatic rings. The van der Waals surface area contributed by atoms with Crippen LogP contribution in [0.1, 0.15) is 37.8 Å². The Morgan fingerprint density at radius 2 is 1.88 bits per heavy atom. The van der Waals surface area contributed by atoms with Gasteiger partial charge in [-0.3, -0.25) is 4.79 Å². The molecule has 2 N–H and O–H groups in total. The molecule has 0 unspecified atom stereocenters. The van der Waals surface area contributed by atoms with Crippen LogP contribution in [0.3, 0.4) is 0 Å². The van der Waals surface area contributed by atoms with E-state index in [2.05, 4.69) is 0 Å². The average Bonchev–Trinajstić information content (AvgIpc) is 2.63. The lowest BCUT2D eigenvalue weighted by Gasteiger charge is -2.21. The summed E-state index contributed by atoms with van der Waals surface area (Å²) in [5, 5.41) is 0. The van der Waals surface area contributed by atoms with Crippen molar-refractivity contribution in [2.24, 2.45) is 0 Å². The monoisotopic (exact) mass is 351 g/mol. The molecule has 0 amide bonds. The van der Waals surface area contributed by atoms with E-state index >= 15 is 0 Å². The van der Waals surface area contributed by atoms with E-state index in [1.165, 1.54) is 6.07 Å². The van der Waals surface area contributed by atoms with Gasteiger partial charge in [0.2, 0.25) is 0 Å². The fourth-order valence-corrected chi connectivity index (χ4v) is 3.09. The van der Waals surface area contributed by atoms with Crippen LogP contribution in [0.5, 0.6) is 0 Å². The number of carbonyl (C=O) groups is 1. The van der Waals surface area contributed by atoms with E-state index in [-0.39, 0.29) is 11.5 Å². The quantitative estimate of drug-likeness (QED) is 0.751. The summed E-state index contributed by atoms with van der Waals surface area (Å²) < 4.78 is 19.6. The van der Waals surface area contributed by atoms with Crippen LogP contribution in [0.15, 0.2) is 53.8 Å². The van der Waals surface area contributed by atoms with Crippen molar-refractivity contribution in [3.05, 3.63) is 70.8 Å². The van der Waals surface area contributed by atoms with Crippen LogP contribution in [0.25, 0.3) is 16.9 Å². The molecule has 0 radical (unpaired) electrons. The minimum Gasteiger partial charge on any atom is -0.464 e. The largest absolute Gasteiger partial charge is 0.464 e. The standard InChI is InChI=1S/C22H22FNO2/c1-4-15-10-19(14(3)25)22(26-12-15)18-7-5-16(9-13(18)2)17-6-8-21(24)20(23)11-17/h5-9,11-12H,4,10,24H2,1-3H3. The number of anilines is 1. The maximum Gasteiger partial charge on any atom is 0.159 e. The van der Waals surface area contributed by atoms with Crippen LogP contribution in [0.2, 0.25) is 0 Å². The molecule has 0 saturated carbocycles. The van der Waals surface area contributed by atoms with Gasteiger partial charge in [0.05, 0.1) is 11.9 Å². The molecule has 3 nitrogen and oxygen atoms in total. The highest BCUT2D eigenvalue weighted by Crippen LogP contribution is 2.34. The smallest absolute Gasteiger partial charge is 0.159 e. The molecule has 0 fully saturated rings. The zero-order valence-corrected chi connectivity index (χ0v) is 15.2. The SMILES string of the molecule is CCC1=COC(c2ccc(-c3ccc(N)c(F)c3)cc2C)=C(C(C)=O)C1. The normalized spacial score (nSPS) is 14.1. The summed E-state index contributed by atoms with van der Waals surface area (Å²) in [5.41, 5.74) is 11.0. The molecule has 0 aromatic heterocycles. The molecular formula is C22H22FNO2. The molecule has 1 aliphatic rings. The van der Waals surface area contributed by atoms with Crippen molar-refractivity contribution in [3.63, 3.8) is 0 Å². The third-order valence-corrected chi connectivity index (χ3v) is 4.71.